The molecule has 2 aromatic carbocycles. The lowest BCUT2D eigenvalue weighted by molar-refractivity contribution is -0.143. The molecule has 0 bridgehead atoms. The lowest BCUT2D eigenvalue weighted by atomic mass is 10.0. The fourth-order valence-electron chi connectivity index (χ4n) is 2.63. The molecule has 0 unspecified atom stereocenters. The first-order chi connectivity index (χ1) is 13.8. The first-order valence-electron chi connectivity index (χ1n) is 8.37. The zero-order valence-electron chi connectivity index (χ0n) is 15.1. The Morgan fingerprint density at radius 3 is 1.83 bits per heavy atom. The molecule has 0 radical (unpaired) electrons. The van der Waals surface area contributed by atoms with Crippen molar-refractivity contribution in [1.82, 2.24) is 5.32 Å². The van der Waals surface area contributed by atoms with Crippen LogP contribution in [0.25, 0.3) is 0 Å². The van der Waals surface area contributed by atoms with Crippen molar-refractivity contribution in [3.8, 4) is 0 Å². The Bertz CT molecular complexity index is 894. The zero-order chi connectivity index (χ0) is 22.7. The molecule has 0 aliphatic rings. The summed E-state index contributed by atoms with van der Waals surface area (Å²) in [4.78, 5) is 23.8. The van der Waals surface area contributed by atoms with Crippen molar-refractivity contribution < 1.29 is 35.9 Å². The van der Waals surface area contributed by atoms with Gasteiger partial charge in [0, 0.05) is 9.99 Å². The Kier molecular flexibility index (Phi) is 7.37. The van der Waals surface area contributed by atoms with E-state index in [4.69, 9.17) is 5.73 Å². The molecule has 0 aliphatic carbocycles. The Morgan fingerprint density at radius 2 is 1.40 bits per heavy atom. The average molecular weight is 544 g/mol. The predicted octanol–water partition coefficient (Wildman–Crippen LogP) is 4.08. The number of rotatable bonds is 6. The SMILES string of the molecule is NC(=O)[C@H](Cc1ccc(I)cc1)NC(=O)Cc1cc(C(F)(F)F)cc(C(F)(F)F)c1. The van der Waals surface area contributed by atoms with E-state index in [1.165, 1.54) is 0 Å². The van der Waals surface area contributed by atoms with Gasteiger partial charge in [-0.1, -0.05) is 12.1 Å². The number of alkyl halides is 6. The molecule has 2 aromatic rings. The van der Waals surface area contributed by atoms with Crippen LogP contribution >= 0.6 is 22.6 Å². The topological polar surface area (TPSA) is 72.2 Å². The molecule has 2 rings (SSSR count). The first-order valence-corrected chi connectivity index (χ1v) is 9.45. The molecule has 3 N–H and O–H groups in total. The van der Waals surface area contributed by atoms with Crippen LogP contribution in [0.1, 0.15) is 22.3 Å². The monoisotopic (exact) mass is 544 g/mol. The summed E-state index contributed by atoms with van der Waals surface area (Å²) < 4.78 is 78.5. The zero-order valence-corrected chi connectivity index (χ0v) is 17.2. The van der Waals surface area contributed by atoms with Crippen molar-refractivity contribution in [1.29, 1.82) is 0 Å². The van der Waals surface area contributed by atoms with Gasteiger partial charge in [0.1, 0.15) is 6.04 Å². The summed E-state index contributed by atoms with van der Waals surface area (Å²) in [5, 5.41) is 2.27. The smallest absolute Gasteiger partial charge is 0.368 e. The molecule has 11 heteroatoms. The summed E-state index contributed by atoms with van der Waals surface area (Å²) in [5.74, 6) is -1.82. The summed E-state index contributed by atoms with van der Waals surface area (Å²) in [5.41, 5.74) is 2.39. The highest BCUT2D eigenvalue weighted by molar-refractivity contribution is 14.1. The van der Waals surface area contributed by atoms with Gasteiger partial charge in [0.05, 0.1) is 17.5 Å². The van der Waals surface area contributed by atoms with Crippen molar-refractivity contribution in [2.75, 3.05) is 0 Å². The molecule has 0 saturated heterocycles. The van der Waals surface area contributed by atoms with Gasteiger partial charge in [0.2, 0.25) is 11.8 Å². The molecule has 0 heterocycles. The van der Waals surface area contributed by atoms with Crippen molar-refractivity contribution in [3.63, 3.8) is 0 Å². The van der Waals surface area contributed by atoms with Gasteiger partial charge >= 0.3 is 12.4 Å². The van der Waals surface area contributed by atoms with Gasteiger partial charge in [0.25, 0.3) is 0 Å². The van der Waals surface area contributed by atoms with Crippen LogP contribution in [0.2, 0.25) is 0 Å². The highest BCUT2D eigenvalue weighted by Crippen LogP contribution is 2.36. The average Bonchev–Trinajstić information content (AvgIpc) is 2.61. The second-order valence-electron chi connectivity index (χ2n) is 6.44. The number of hydrogen-bond acceptors (Lipinski definition) is 2. The lowest BCUT2D eigenvalue weighted by Gasteiger charge is -2.17. The van der Waals surface area contributed by atoms with Crippen LogP contribution in [0.5, 0.6) is 0 Å². The molecule has 30 heavy (non-hydrogen) atoms. The van der Waals surface area contributed by atoms with E-state index in [1.807, 2.05) is 0 Å². The molecule has 0 saturated carbocycles. The van der Waals surface area contributed by atoms with Crippen molar-refractivity contribution in [2.45, 2.75) is 31.2 Å². The van der Waals surface area contributed by atoms with E-state index in [1.54, 1.807) is 24.3 Å². The van der Waals surface area contributed by atoms with E-state index in [0.717, 1.165) is 3.57 Å². The van der Waals surface area contributed by atoms with Gasteiger partial charge in [0.15, 0.2) is 0 Å². The second kappa shape index (κ2) is 9.23. The van der Waals surface area contributed by atoms with E-state index in [-0.39, 0.29) is 12.5 Å². The molecule has 4 nitrogen and oxygen atoms in total. The van der Waals surface area contributed by atoms with Crippen LogP contribution < -0.4 is 11.1 Å². The van der Waals surface area contributed by atoms with Crippen molar-refractivity contribution in [3.05, 3.63) is 68.3 Å². The minimum atomic E-state index is -5.02. The molecular weight excluding hydrogens is 529 g/mol. The minimum Gasteiger partial charge on any atom is -0.368 e. The summed E-state index contributed by atoms with van der Waals surface area (Å²) >= 11 is 2.07. The third-order valence-corrected chi connectivity index (χ3v) is 4.76. The maximum Gasteiger partial charge on any atom is 0.416 e. The Balaban J connectivity index is 2.20. The number of benzene rings is 2. The first kappa shape index (κ1) is 24.0. The number of carbonyl (C=O) groups is 2. The molecule has 162 valence electrons. The van der Waals surface area contributed by atoms with Gasteiger partial charge in [-0.05, 0) is 64.0 Å². The van der Waals surface area contributed by atoms with Crippen LogP contribution in [0.15, 0.2) is 42.5 Å². The number of nitrogens with two attached hydrogens (primary N) is 1. The number of primary amides is 1. The molecule has 0 aromatic heterocycles. The summed E-state index contributed by atoms with van der Waals surface area (Å²) in [6.07, 6.45) is -10.8. The number of hydrogen-bond donors (Lipinski definition) is 2. The van der Waals surface area contributed by atoms with Gasteiger partial charge < -0.3 is 11.1 Å². The van der Waals surface area contributed by atoms with Crippen molar-refractivity contribution >= 4 is 34.4 Å². The maximum atomic E-state index is 12.9. The highest BCUT2D eigenvalue weighted by atomic mass is 127. The third kappa shape index (κ3) is 6.89. The van der Waals surface area contributed by atoms with Crippen LogP contribution in [0.4, 0.5) is 26.3 Å². The quantitative estimate of drug-likeness (QED) is 0.425. The van der Waals surface area contributed by atoms with Gasteiger partial charge in [-0.2, -0.15) is 26.3 Å². The normalized spacial score (nSPS) is 13.0. The lowest BCUT2D eigenvalue weighted by Crippen LogP contribution is -2.46. The Morgan fingerprint density at radius 1 is 0.900 bits per heavy atom. The fraction of sp³-hybridized carbons (Fsp3) is 0.263. The molecule has 2 amide bonds. The Hall–Kier alpha value is -2.31. The molecule has 0 spiro atoms. The largest absolute Gasteiger partial charge is 0.416 e. The van der Waals surface area contributed by atoms with E-state index in [9.17, 15) is 35.9 Å². The summed E-state index contributed by atoms with van der Waals surface area (Å²) in [6.45, 7) is 0. The van der Waals surface area contributed by atoms with Crippen molar-refractivity contribution in [2.24, 2.45) is 5.73 Å². The number of carbonyl (C=O) groups excluding carboxylic acids is 2. The van der Waals surface area contributed by atoms with Gasteiger partial charge in [-0.3, -0.25) is 9.59 Å². The van der Waals surface area contributed by atoms with E-state index >= 15 is 0 Å². The molecular formula is C19H15F6IN2O2. The minimum absolute atomic E-state index is 0.0222. The highest BCUT2D eigenvalue weighted by Gasteiger charge is 2.37. The summed E-state index contributed by atoms with van der Waals surface area (Å²) in [6, 6.07) is 6.66. The second-order valence-corrected chi connectivity index (χ2v) is 7.69. The standard InChI is InChI=1S/C19H15F6IN2O2/c20-18(21,22)12-5-11(6-13(9-12)19(23,24)25)8-16(29)28-15(17(27)30)7-10-1-3-14(26)4-2-10/h1-6,9,15H,7-8H2,(H2,27,30)(H,28,29)/t15-/m0/s1. The third-order valence-electron chi connectivity index (χ3n) is 4.04. The summed E-state index contributed by atoms with van der Waals surface area (Å²) in [7, 11) is 0. The Labute approximate surface area is 181 Å². The number of amides is 2. The predicted molar refractivity (Wildman–Crippen MR) is 104 cm³/mol. The number of halogens is 7. The van der Waals surface area contributed by atoms with Gasteiger partial charge in [-0.15, -0.1) is 0 Å². The fourth-order valence-corrected chi connectivity index (χ4v) is 2.99. The van der Waals surface area contributed by atoms with Crippen LogP contribution in [-0.4, -0.2) is 17.9 Å². The van der Waals surface area contributed by atoms with E-state index in [2.05, 4.69) is 27.9 Å². The van der Waals surface area contributed by atoms with Crippen LogP contribution in [0, 0.1) is 3.57 Å². The van der Waals surface area contributed by atoms with Crippen LogP contribution in [0.3, 0.4) is 0 Å². The van der Waals surface area contributed by atoms with Crippen LogP contribution in [-0.2, 0) is 34.8 Å². The molecule has 0 fully saturated rings. The maximum absolute atomic E-state index is 12.9. The van der Waals surface area contributed by atoms with Gasteiger partial charge in [-0.25, -0.2) is 0 Å². The van der Waals surface area contributed by atoms with E-state index in [0.29, 0.717) is 17.7 Å². The number of nitrogens with one attached hydrogen (secondary N) is 1. The molecule has 0 aliphatic heterocycles. The molecule has 1 atom stereocenters. The van der Waals surface area contributed by atoms with E-state index < -0.39 is 53.3 Å².